The lowest BCUT2D eigenvalue weighted by atomic mass is 10.0. The largest absolute Gasteiger partial charge is 0.447 e. The lowest BCUT2D eigenvalue weighted by molar-refractivity contribution is -0.143. The van der Waals surface area contributed by atoms with E-state index in [1.807, 2.05) is 54.9 Å². The number of carbonyl (C=O) groups excluding carboxylic acids is 1. The van der Waals surface area contributed by atoms with Crippen LogP contribution in [0, 0.1) is 44.4 Å². The summed E-state index contributed by atoms with van der Waals surface area (Å²) in [7, 11) is 0. The second-order valence-corrected chi connectivity index (χ2v) is 29.6. The fraction of sp³-hybridized carbons (Fsp3) is 0.500. The molecule has 1 aliphatic heterocycles. The zero-order chi connectivity index (χ0) is 71.0. The van der Waals surface area contributed by atoms with Gasteiger partial charge in [-0.25, -0.2) is 44.1 Å². The predicted molar refractivity (Wildman–Crippen MR) is 361 cm³/mol. The Morgan fingerprint density at radius 1 is 0.510 bits per heavy atom. The van der Waals surface area contributed by atoms with Gasteiger partial charge in [-0.3, -0.25) is 4.90 Å². The van der Waals surface area contributed by atoms with E-state index in [1.165, 1.54) is 55.3 Å². The zero-order valence-electron chi connectivity index (χ0n) is 57.4. The van der Waals surface area contributed by atoms with Crippen LogP contribution in [0.4, 0.5) is 73.5 Å². The van der Waals surface area contributed by atoms with Crippen LogP contribution in [0.25, 0.3) is 33.3 Å². The molecule has 8 heterocycles. The van der Waals surface area contributed by atoms with Gasteiger partial charge in [-0.1, -0.05) is 16.8 Å². The third-order valence-electron chi connectivity index (χ3n) is 18.6. The first-order valence-electron chi connectivity index (χ1n) is 34.0. The monoisotopic (exact) mass is 1390 g/mol. The van der Waals surface area contributed by atoms with Crippen LogP contribution in [0.3, 0.4) is 0 Å². The van der Waals surface area contributed by atoms with Crippen LogP contribution in [0.5, 0.6) is 0 Å². The molecule has 28 heteroatoms. The Morgan fingerprint density at radius 2 is 0.920 bits per heavy atom. The summed E-state index contributed by atoms with van der Waals surface area (Å²) in [5, 5.41) is 15.4. The van der Waals surface area contributed by atoms with Gasteiger partial charge in [-0.05, 0) is 191 Å². The van der Waals surface area contributed by atoms with Crippen LogP contribution in [-0.2, 0) is 60.5 Å². The summed E-state index contributed by atoms with van der Waals surface area (Å²) in [6.45, 7) is 22.2. The molecule has 19 nitrogen and oxygen atoms in total. The number of alkyl halides is 9. The van der Waals surface area contributed by atoms with Gasteiger partial charge in [-0.2, -0.15) is 49.7 Å². The highest BCUT2D eigenvalue weighted by Gasteiger charge is 2.40. The molecule has 2 aromatic carbocycles. The molecular weight excluding hydrogens is 1310 g/mol. The van der Waals surface area contributed by atoms with Gasteiger partial charge < -0.3 is 28.9 Å². The SMILES string of the molecule is Cc1cc(CN(Cc2cc3c(C)nn(C(C)(C)C)c3nc2N(CC2CC2)CC2CC2)c2ncc(N3CCOC3=O)cn2)cc(C(F)(F)F)c1.Cc1nn(C(C)(C)C)c2nc(N(CC3CC3)CC3CC3)c(CN(Cc3cc(C(F)(F)F)cc(C(F)(F)F)c3)c3ncc(-c4ccon4)cn3)cc12. The molecule has 1 saturated heterocycles. The van der Waals surface area contributed by atoms with E-state index in [0.29, 0.717) is 76.4 Å². The summed E-state index contributed by atoms with van der Waals surface area (Å²) in [6.07, 6.45) is 1.84. The Bertz CT molecular complexity index is 4370. The van der Waals surface area contributed by atoms with Gasteiger partial charge in [0.25, 0.3) is 0 Å². The number of cyclic esters (lactones) is 1. The van der Waals surface area contributed by atoms with Crippen molar-refractivity contribution in [2.45, 2.75) is 169 Å². The number of carbonyl (C=O) groups is 1. The maximum absolute atomic E-state index is 13.9. The number of nitrogens with zero attached hydrogens (tertiary/aromatic N) is 16. The molecule has 100 heavy (non-hydrogen) atoms. The molecule has 5 fully saturated rings. The van der Waals surface area contributed by atoms with Gasteiger partial charge in [0, 0.05) is 98.3 Å². The van der Waals surface area contributed by atoms with Crippen LogP contribution in [0.1, 0.15) is 149 Å². The number of aryl methyl sites for hydroxylation is 3. The van der Waals surface area contributed by atoms with E-state index in [-0.39, 0.29) is 54.9 Å². The molecule has 4 saturated carbocycles. The molecule has 0 N–H and O–H groups in total. The van der Waals surface area contributed by atoms with Gasteiger partial charge >= 0.3 is 24.6 Å². The summed E-state index contributed by atoms with van der Waals surface area (Å²) >= 11 is 0. The van der Waals surface area contributed by atoms with E-state index in [9.17, 15) is 44.3 Å². The Balaban J connectivity index is 0.000000179. The number of aromatic nitrogens is 11. The number of benzene rings is 2. The Labute approximate surface area is 573 Å². The Kier molecular flexibility index (Phi) is 18.6. The van der Waals surface area contributed by atoms with Crippen LogP contribution in [-0.4, -0.2) is 100 Å². The van der Waals surface area contributed by atoms with Crippen LogP contribution >= 0.6 is 0 Å². The summed E-state index contributed by atoms with van der Waals surface area (Å²) in [5.74, 6) is 4.32. The van der Waals surface area contributed by atoms with Gasteiger partial charge in [0.1, 0.15) is 30.2 Å². The molecule has 14 rings (SSSR count). The van der Waals surface area contributed by atoms with Crippen LogP contribution < -0.4 is 24.5 Å². The number of rotatable bonds is 22. The maximum atomic E-state index is 13.9. The van der Waals surface area contributed by atoms with E-state index in [4.69, 9.17) is 29.4 Å². The molecule has 1 amide bonds. The highest BCUT2D eigenvalue weighted by Crippen LogP contribution is 2.43. The number of ether oxygens (including phenoxy) is 1. The van der Waals surface area contributed by atoms with E-state index < -0.39 is 41.3 Å². The highest BCUT2D eigenvalue weighted by molar-refractivity contribution is 5.89. The van der Waals surface area contributed by atoms with Crippen molar-refractivity contribution in [3.05, 3.63) is 142 Å². The minimum Gasteiger partial charge on any atom is -0.447 e. The van der Waals surface area contributed by atoms with Crippen molar-refractivity contribution in [1.29, 1.82) is 0 Å². The number of amides is 1. The van der Waals surface area contributed by atoms with Crippen LogP contribution in [0.2, 0.25) is 0 Å². The summed E-state index contributed by atoms with van der Waals surface area (Å²) in [6, 6.07) is 11.5. The second kappa shape index (κ2) is 26.8. The van der Waals surface area contributed by atoms with E-state index in [1.54, 1.807) is 36.4 Å². The average molecular weight is 1390 g/mol. The molecule has 530 valence electrons. The van der Waals surface area contributed by atoms with Crippen molar-refractivity contribution < 1.29 is 53.6 Å². The molecule has 4 aliphatic carbocycles. The molecule has 0 atom stereocenters. The standard InChI is InChI=1S/C36H38F6N8O.C36H43F3N8O2/c1-21-29-13-25(31(45-32(29)50(46-21)34(2,3)4)48(17-22-5-6-22)18-23-7-8-23)20-49(33-43-15-26(16-44-33)30-9-10-51-47-30)19-24-11-27(35(37,38)39)14-28(12-24)36(40,41)42;1-22-12-26(14-28(13-22)36(37,38)39)20-45(33-40-16-29(17-41-33)46-10-11-49-34(46)48)21-27-15-30-23(2)43-47(35(3,4)5)32(30)42-31(27)44(18-24-6-7-24)19-25-8-9-25/h9-16,22-23H,5-8,17-20H2,1-4H3;12-17,24-25H,6-11,18-21H2,1-5H3. The van der Waals surface area contributed by atoms with Gasteiger partial charge in [0.05, 0.1) is 63.8 Å². The van der Waals surface area contributed by atoms with Crippen molar-refractivity contribution in [2.75, 3.05) is 63.8 Å². The van der Waals surface area contributed by atoms with E-state index in [2.05, 4.69) is 61.7 Å². The van der Waals surface area contributed by atoms with Crippen molar-refractivity contribution in [3.8, 4) is 11.3 Å². The first-order valence-corrected chi connectivity index (χ1v) is 34.0. The van der Waals surface area contributed by atoms with Gasteiger partial charge in [-0.15, -0.1) is 0 Å². The molecule has 5 aliphatic rings. The molecule has 7 aromatic heterocycles. The van der Waals surface area contributed by atoms with Gasteiger partial charge in [0.2, 0.25) is 11.9 Å². The smallest absolute Gasteiger partial charge is 0.416 e. The van der Waals surface area contributed by atoms with E-state index in [0.717, 1.165) is 121 Å². The van der Waals surface area contributed by atoms with Crippen molar-refractivity contribution in [2.24, 2.45) is 23.7 Å². The van der Waals surface area contributed by atoms with Crippen molar-refractivity contribution in [1.82, 2.24) is 54.6 Å². The molecule has 0 bridgehead atoms. The minimum atomic E-state index is -4.99. The Morgan fingerprint density at radius 3 is 1.29 bits per heavy atom. The fourth-order valence-corrected chi connectivity index (χ4v) is 12.8. The van der Waals surface area contributed by atoms with Gasteiger partial charge in [0.15, 0.2) is 11.3 Å². The molecule has 0 spiro atoms. The first-order chi connectivity index (χ1) is 47.2. The Hall–Kier alpha value is -9.11. The highest BCUT2D eigenvalue weighted by atomic mass is 19.4. The number of hydrogen-bond acceptors (Lipinski definition) is 16. The molecule has 0 radical (unpaired) electrons. The van der Waals surface area contributed by atoms with Crippen LogP contribution in [0.15, 0.2) is 90.2 Å². The summed E-state index contributed by atoms with van der Waals surface area (Å²) in [4.78, 5) is 50.8. The third-order valence-corrected chi connectivity index (χ3v) is 18.6. The van der Waals surface area contributed by atoms with E-state index >= 15 is 0 Å². The maximum Gasteiger partial charge on any atom is 0.416 e. The molecular formula is C72H81F9N16O3. The molecule has 9 aromatic rings. The number of fused-ring (bicyclic) bond motifs is 2. The lowest BCUT2D eigenvalue weighted by Crippen LogP contribution is -2.32. The normalized spacial score (nSPS) is 16.1. The van der Waals surface area contributed by atoms with Crippen molar-refractivity contribution >= 4 is 57.4 Å². The number of halogens is 9. The number of anilines is 5. The molecule has 0 unspecified atom stereocenters. The number of pyridine rings is 2. The van der Waals surface area contributed by atoms with Crippen molar-refractivity contribution in [3.63, 3.8) is 0 Å². The topological polar surface area (TPSA) is 182 Å². The zero-order valence-corrected chi connectivity index (χ0v) is 57.4. The fourth-order valence-electron chi connectivity index (χ4n) is 12.8. The third kappa shape index (κ3) is 16.2. The lowest BCUT2D eigenvalue weighted by Gasteiger charge is -2.30. The quantitative estimate of drug-likeness (QED) is 0.0584. The average Bonchev–Trinajstić information content (AvgIpc) is 1.58. The second-order valence-electron chi connectivity index (χ2n) is 29.6. The minimum absolute atomic E-state index is 0.0468. The summed E-state index contributed by atoms with van der Waals surface area (Å²) in [5.41, 5.74) is 3.00. The predicted octanol–water partition coefficient (Wildman–Crippen LogP) is 16.2. The summed E-state index contributed by atoms with van der Waals surface area (Å²) < 4.78 is 139. The first kappa shape index (κ1) is 69.4. The number of hydrogen-bond donors (Lipinski definition) is 0.